The third-order valence-electron chi connectivity index (χ3n) is 3.70. The second kappa shape index (κ2) is 6.52. The van der Waals surface area contributed by atoms with Crippen molar-refractivity contribution in [1.82, 2.24) is 24.8 Å². The summed E-state index contributed by atoms with van der Waals surface area (Å²) >= 11 is 2.27. The van der Waals surface area contributed by atoms with E-state index in [-0.39, 0.29) is 41.8 Å². The molecule has 0 bridgehead atoms. The number of aromatic nitrogens is 3. The van der Waals surface area contributed by atoms with Gasteiger partial charge in [0.05, 0.1) is 5.75 Å². The van der Waals surface area contributed by atoms with Crippen LogP contribution in [0.4, 0.5) is 4.79 Å². The van der Waals surface area contributed by atoms with Crippen LogP contribution >= 0.6 is 23.1 Å². The van der Waals surface area contributed by atoms with Gasteiger partial charge in [-0.25, -0.2) is 0 Å². The predicted octanol–water partition coefficient (Wildman–Crippen LogP) is 1.65. The molecule has 3 amide bonds. The van der Waals surface area contributed by atoms with Gasteiger partial charge in [0, 0.05) is 24.7 Å². The van der Waals surface area contributed by atoms with Crippen molar-refractivity contribution in [3.8, 4) is 0 Å². The van der Waals surface area contributed by atoms with E-state index in [4.69, 9.17) is 0 Å². The van der Waals surface area contributed by atoms with Gasteiger partial charge in [0.25, 0.3) is 11.1 Å². The van der Waals surface area contributed by atoms with E-state index in [2.05, 4.69) is 15.5 Å². The molecule has 0 aliphatic carbocycles. The second-order valence-corrected chi connectivity index (χ2v) is 7.61. The van der Waals surface area contributed by atoms with Crippen molar-refractivity contribution in [3.05, 3.63) is 16.4 Å². The standard InChI is InChI=1S/C14H17N5O3S2/c1-7(2)11-16-17-13-19(11)8(3)10(24-13)12(21)15-4-5-18-9(20)6-23-14(18)22/h7H,4-6H2,1-3H3,(H,15,21). The zero-order chi connectivity index (χ0) is 17.4. The molecule has 3 rings (SSSR count). The van der Waals surface area contributed by atoms with E-state index < -0.39 is 0 Å². The molecule has 8 nitrogen and oxygen atoms in total. The van der Waals surface area contributed by atoms with E-state index in [1.165, 1.54) is 16.2 Å². The summed E-state index contributed by atoms with van der Waals surface area (Å²) in [4.78, 5) is 37.8. The number of aryl methyl sites for hydroxylation is 1. The molecule has 24 heavy (non-hydrogen) atoms. The van der Waals surface area contributed by atoms with Gasteiger partial charge >= 0.3 is 0 Å². The number of carbonyl (C=O) groups is 3. The smallest absolute Gasteiger partial charge is 0.288 e. The first-order valence-electron chi connectivity index (χ1n) is 7.50. The Kier molecular flexibility index (Phi) is 4.59. The quantitative estimate of drug-likeness (QED) is 0.863. The van der Waals surface area contributed by atoms with E-state index in [1.807, 2.05) is 25.2 Å². The fourth-order valence-corrected chi connectivity index (χ4v) is 4.21. The maximum Gasteiger partial charge on any atom is 0.288 e. The number of hydrogen-bond donors (Lipinski definition) is 1. The summed E-state index contributed by atoms with van der Waals surface area (Å²) in [6.45, 7) is 6.32. The molecule has 2 aromatic rings. The van der Waals surface area contributed by atoms with Crippen molar-refractivity contribution in [1.29, 1.82) is 0 Å². The minimum atomic E-state index is -0.257. The summed E-state index contributed by atoms with van der Waals surface area (Å²) in [5, 5.41) is 10.8. The van der Waals surface area contributed by atoms with Crippen LogP contribution in [0.15, 0.2) is 0 Å². The van der Waals surface area contributed by atoms with Crippen LogP contribution in [0, 0.1) is 6.92 Å². The number of amides is 3. The van der Waals surface area contributed by atoms with Crippen molar-refractivity contribution in [2.75, 3.05) is 18.8 Å². The maximum atomic E-state index is 12.4. The van der Waals surface area contributed by atoms with Gasteiger partial charge in [-0.2, -0.15) is 0 Å². The second-order valence-electron chi connectivity index (χ2n) is 5.70. The minimum Gasteiger partial charge on any atom is -0.349 e. The lowest BCUT2D eigenvalue weighted by atomic mass is 10.2. The molecule has 1 N–H and O–H groups in total. The summed E-state index contributed by atoms with van der Waals surface area (Å²) in [5.74, 6) is 0.762. The highest BCUT2D eigenvalue weighted by atomic mass is 32.2. The van der Waals surface area contributed by atoms with Crippen LogP contribution in [0.25, 0.3) is 4.96 Å². The Morgan fingerprint density at radius 3 is 2.71 bits per heavy atom. The van der Waals surface area contributed by atoms with Crippen LogP contribution in [0.5, 0.6) is 0 Å². The highest BCUT2D eigenvalue weighted by molar-refractivity contribution is 8.14. The van der Waals surface area contributed by atoms with Crippen molar-refractivity contribution >= 4 is 45.1 Å². The van der Waals surface area contributed by atoms with Gasteiger partial charge in [0.1, 0.15) is 10.7 Å². The van der Waals surface area contributed by atoms with E-state index in [1.54, 1.807) is 0 Å². The summed E-state index contributed by atoms with van der Waals surface area (Å²) in [5.41, 5.74) is 0.796. The Morgan fingerprint density at radius 2 is 2.08 bits per heavy atom. The number of nitrogens with zero attached hydrogens (tertiary/aromatic N) is 4. The molecule has 1 fully saturated rings. The number of nitrogens with one attached hydrogen (secondary N) is 1. The molecule has 0 saturated carbocycles. The van der Waals surface area contributed by atoms with Crippen molar-refractivity contribution < 1.29 is 14.4 Å². The normalized spacial score (nSPS) is 15.1. The zero-order valence-electron chi connectivity index (χ0n) is 13.5. The Morgan fingerprint density at radius 1 is 1.33 bits per heavy atom. The van der Waals surface area contributed by atoms with Gasteiger partial charge in [0.15, 0.2) is 0 Å². The SMILES string of the molecule is Cc1c(C(=O)NCCN2C(=O)CSC2=O)sc2nnc(C(C)C)n12. The molecule has 1 saturated heterocycles. The van der Waals surface area contributed by atoms with Crippen LogP contribution in [0.1, 0.15) is 41.0 Å². The molecule has 128 valence electrons. The van der Waals surface area contributed by atoms with Crippen LogP contribution < -0.4 is 5.32 Å². The Bertz CT molecular complexity index is 810. The van der Waals surface area contributed by atoms with Crippen LogP contribution in [0.3, 0.4) is 0 Å². The maximum absolute atomic E-state index is 12.4. The van der Waals surface area contributed by atoms with Crippen LogP contribution in [-0.2, 0) is 4.79 Å². The number of hydrogen-bond acceptors (Lipinski definition) is 7. The summed E-state index contributed by atoms with van der Waals surface area (Å²) in [6, 6.07) is 0. The average Bonchev–Trinajstić information content (AvgIpc) is 3.17. The summed E-state index contributed by atoms with van der Waals surface area (Å²) in [6.07, 6.45) is 0. The molecule has 0 aromatic carbocycles. The van der Waals surface area contributed by atoms with Crippen molar-refractivity contribution in [3.63, 3.8) is 0 Å². The number of carbonyl (C=O) groups excluding carboxylic acids is 3. The van der Waals surface area contributed by atoms with Crippen LogP contribution in [-0.4, -0.2) is 55.4 Å². The molecule has 0 atom stereocenters. The zero-order valence-corrected chi connectivity index (χ0v) is 15.2. The summed E-state index contributed by atoms with van der Waals surface area (Å²) < 4.78 is 1.90. The molecule has 0 radical (unpaired) electrons. The third kappa shape index (κ3) is 2.91. The Balaban J connectivity index is 1.69. The molecule has 2 aromatic heterocycles. The largest absolute Gasteiger partial charge is 0.349 e. The highest BCUT2D eigenvalue weighted by Crippen LogP contribution is 2.25. The Labute approximate surface area is 146 Å². The molecule has 1 aliphatic rings. The molecular formula is C14H17N5O3S2. The van der Waals surface area contributed by atoms with Gasteiger partial charge in [-0.1, -0.05) is 36.9 Å². The first kappa shape index (κ1) is 16.9. The van der Waals surface area contributed by atoms with Gasteiger partial charge in [0.2, 0.25) is 10.9 Å². The summed E-state index contributed by atoms with van der Waals surface area (Å²) in [7, 11) is 0. The lowest BCUT2D eigenvalue weighted by molar-refractivity contribution is -0.124. The molecule has 0 spiro atoms. The van der Waals surface area contributed by atoms with Crippen LogP contribution in [0.2, 0.25) is 0 Å². The third-order valence-corrected chi connectivity index (χ3v) is 5.69. The lowest BCUT2D eigenvalue weighted by Crippen LogP contribution is -2.37. The average molecular weight is 367 g/mol. The lowest BCUT2D eigenvalue weighted by Gasteiger charge is -2.12. The van der Waals surface area contributed by atoms with Gasteiger partial charge in [-0.3, -0.25) is 23.7 Å². The Hall–Kier alpha value is -1.94. The fourth-order valence-electron chi connectivity index (χ4n) is 2.47. The van der Waals surface area contributed by atoms with Crippen molar-refractivity contribution in [2.24, 2.45) is 0 Å². The first-order valence-corrected chi connectivity index (χ1v) is 9.30. The number of fused-ring (bicyclic) bond motifs is 1. The fraction of sp³-hybridized carbons (Fsp3) is 0.500. The molecule has 10 heteroatoms. The van der Waals surface area contributed by atoms with E-state index in [0.29, 0.717) is 9.84 Å². The number of thiazole rings is 1. The van der Waals surface area contributed by atoms with E-state index in [0.717, 1.165) is 23.3 Å². The number of thioether (sulfide) groups is 1. The first-order chi connectivity index (χ1) is 11.4. The van der Waals surface area contributed by atoms with E-state index >= 15 is 0 Å². The van der Waals surface area contributed by atoms with Crippen molar-refractivity contribution in [2.45, 2.75) is 26.7 Å². The predicted molar refractivity (Wildman–Crippen MR) is 91.6 cm³/mol. The monoisotopic (exact) mass is 367 g/mol. The van der Waals surface area contributed by atoms with Gasteiger partial charge < -0.3 is 5.32 Å². The molecule has 3 heterocycles. The highest BCUT2D eigenvalue weighted by Gasteiger charge is 2.29. The number of imide groups is 1. The van der Waals surface area contributed by atoms with Gasteiger partial charge in [-0.05, 0) is 6.92 Å². The number of rotatable bonds is 5. The topological polar surface area (TPSA) is 96.7 Å². The van der Waals surface area contributed by atoms with Gasteiger partial charge in [-0.15, -0.1) is 10.2 Å². The molecule has 1 aliphatic heterocycles. The minimum absolute atomic E-state index is 0.180. The molecular weight excluding hydrogens is 350 g/mol. The van der Waals surface area contributed by atoms with E-state index in [9.17, 15) is 14.4 Å². The molecule has 0 unspecified atom stereocenters.